The van der Waals surface area contributed by atoms with Crippen LogP contribution in [0.25, 0.3) is 0 Å². The van der Waals surface area contributed by atoms with Crippen LogP contribution in [0.3, 0.4) is 0 Å². The van der Waals surface area contributed by atoms with Crippen molar-refractivity contribution in [2.75, 3.05) is 19.8 Å². The van der Waals surface area contributed by atoms with Crippen molar-refractivity contribution in [3.63, 3.8) is 0 Å². The molecule has 0 spiro atoms. The van der Waals surface area contributed by atoms with Crippen LogP contribution in [0.5, 0.6) is 0 Å². The summed E-state index contributed by atoms with van der Waals surface area (Å²) in [5.41, 5.74) is -0.123. The summed E-state index contributed by atoms with van der Waals surface area (Å²) in [7, 11) is 0. The molecule has 1 saturated carbocycles. The van der Waals surface area contributed by atoms with Crippen LogP contribution >= 0.6 is 0 Å². The second-order valence-corrected chi connectivity index (χ2v) is 4.95. The van der Waals surface area contributed by atoms with Crippen molar-refractivity contribution >= 4 is 0 Å². The predicted molar refractivity (Wildman–Crippen MR) is 57.6 cm³/mol. The lowest BCUT2D eigenvalue weighted by Gasteiger charge is -2.52. The Morgan fingerprint density at radius 2 is 2.12 bits per heavy atom. The molecule has 0 radical (unpaired) electrons. The summed E-state index contributed by atoms with van der Waals surface area (Å²) in [5.74, 6) is -3.03. The van der Waals surface area contributed by atoms with Gasteiger partial charge in [-0.25, -0.2) is 8.78 Å². The minimum Gasteiger partial charge on any atom is -0.390 e. The minimum absolute atomic E-state index is 0.0291. The van der Waals surface area contributed by atoms with Gasteiger partial charge in [-0.15, -0.1) is 0 Å². The Labute approximate surface area is 95.2 Å². The van der Waals surface area contributed by atoms with E-state index in [1.165, 1.54) is 0 Å². The van der Waals surface area contributed by atoms with Crippen molar-refractivity contribution in [1.82, 2.24) is 5.32 Å². The standard InChI is InChI=1S/C11H21F2NO2/c1-4-16-9-5-8(10(9,2)3)14-6-11(12,13)7-15/h8-9,14-15H,4-7H2,1-3H3. The van der Waals surface area contributed by atoms with E-state index in [9.17, 15) is 8.78 Å². The van der Waals surface area contributed by atoms with E-state index in [2.05, 4.69) is 5.32 Å². The Bertz CT molecular complexity index is 234. The maximum atomic E-state index is 12.8. The van der Waals surface area contributed by atoms with Gasteiger partial charge in [-0.3, -0.25) is 0 Å². The first kappa shape index (κ1) is 13.8. The SMILES string of the molecule is CCOC1CC(NCC(F)(F)CO)C1(C)C. The molecule has 96 valence electrons. The van der Waals surface area contributed by atoms with E-state index in [1.807, 2.05) is 20.8 Å². The number of aliphatic hydroxyl groups excluding tert-OH is 1. The lowest BCUT2D eigenvalue weighted by molar-refractivity contribution is -0.123. The zero-order valence-corrected chi connectivity index (χ0v) is 10.1. The summed E-state index contributed by atoms with van der Waals surface area (Å²) in [6.45, 7) is 5.00. The Morgan fingerprint density at radius 3 is 2.56 bits per heavy atom. The maximum Gasteiger partial charge on any atom is 0.282 e. The van der Waals surface area contributed by atoms with Crippen LogP contribution in [-0.2, 0) is 4.74 Å². The van der Waals surface area contributed by atoms with E-state index in [0.717, 1.165) is 6.42 Å². The number of alkyl halides is 2. The molecule has 0 amide bonds. The van der Waals surface area contributed by atoms with Crippen molar-refractivity contribution in [2.24, 2.45) is 5.41 Å². The van der Waals surface area contributed by atoms with Gasteiger partial charge in [-0.2, -0.15) is 0 Å². The van der Waals surface area contributed by atoms with Crippen molar-refractivity contribution in [1.29, 1.82) is 0 Å². The van der Waals surface area contributed by atoms with Gasteiger partial charge >= 0.3 is 0 Å². The molecule has 1 aliphatic rings. The Morgan fingerprint density at radius 1 is 1.50 bits per heavy atom. The first-order valence-corrected chi connectivity index (χ1v) is 5.67. The van der Waals surface area contributed by atoms with Gasteiger partial charge in [0.05, 0.1) is 12.6 Å². The van der Waals surface area contributed by atoms with Crippen LogP contribution in [-0.4, -0.2) is 42.9 Å². The van der Waals surface area contributed by atoms with Crippen LogP contribution in [0, 0.1) is 5.41 Å². The lowest BCUT2D eigenvalue weighted by atomic mass is 9.64. The summed E-state index contributed by atoms with van der Waals surface area (Å²) in [6.07, 6.45) is 0.889. The summed E-state index contributed by atoms with van der Waals surface area (Å²) in [6, 6.07) is 0.0291. The number of rotatable bonds is 6. The molecule has 16 heavy (non-hydrogen) atoms. The summed E-state index contributed by atoms with van der Waals surface area (Å²) in [4.78, 5) is 0. The fourth-order valence-electron chi connectivity index (χ4n) is 2.04. The highest BCUT2D eigenvalue weighted by molar-refractivity contribution is 5.03. The molecular weight excluding hydrogens is 216 g/mol. The van der Waals surface area contributed by atoms with E-state index >= 15 is 0 Å². The summed E-state index contributed by atoms with van der Waals surface area (Å²) >= 11 is 0. The van der Waals surface area contributed by atoms with Crippen molar-refractivity contribution in [2.45, 2.75) is 45.3 Å². The molecule has 2 unspecified atom stereocenters. The van der Waals surface area contributed by atoms with E-state index in [4.69, 9.17) is 9.84 Å². The molecule has 0 aromatic rings. The molecule has 0 aliphatic heterocycles. The third-order valence-corrected chi connectivity index (χ3v) is 3.38. The molecule has 1 aliphatic carbocycles. The van der Waals surface area contributed by atoms with Crippen molar-refractivity contribution in [3.8, 4) is 0 Å². The van der Waals surface area contributed by atoms with Crippen molar-refractivity contribution < 1.29 is 18.6 Å². The molecule has 2 atom stereocenters. The van der Waals surface area contributed by atoms with Gasteiger partial charge in [0.15, 0.2) is 0 Å². The van der Waals surface area contributed by atoms with Crippen LogP contribution < -0.4 is 5.32 Å². The van der Waals surface area contributed by atoms with E-state index in [0.29, 0.717) is 6.61 Å². The highest BCUT2D eigenvalue weighted by Crippen LogP contribution is 2.42. The largest absolute Gasteiger partial charge is 0.390 e. The Balaban J connectivity index is 2.36. The summed E-state index contributed by atoms with van der Waals surface area (Å²) in [5, 5.41) is 11.2. The second-order valence-electron chi connectivity index (χ2n) is 4.95. The normalized spacial score (nSPS) is 28.9. The summed E-state index contributed by atoms with van der Waals surface area (Å²) < 4.78 is 31.2. The molecule has 5 heteroatoms. The molecule has 0 bridgehead atoms. The van der Waals surface area contributed by atoms with Crippen LogP contribution in [0.2, 0.25) is 0 Å². The average Bonchev–Trinajstić information content (AvgIpc) is 2.22. The zero-order chi connectivity index (χ0) is 12.4. The number of hydrogen-bond acceptors (Lipinski definition) is 3. The van der Waals surface area contributed by atoms with Crippen LogP contribution in [0.4, 0.5) is 8.78 Å². The first-order chi connectivity index (χ1) is 7.33. The third kappa shape index (κ3) is 2.90. The van der Waals surface area contributed by atoms with Crippen LogP contribution in [0.15, 0.2) is 0 Å². The molecule has 1 rings (SSSR count). The molecule has 0 aromatic carbocycles. The molecular formula is C11H21F2NO2. The molecule has 2 N–H and O–H groups in total. The molecule has 1 fully saturated rings. The quantitative estimate of drug-likeness (QED) is 0.734. The zero-order valence-electron chi connectivity index (χ0n) is 10.1. The van der Waals surface area contributed by atoms with Crippen LogP contribution in [0.1, 0.15) is 27.2 Å². The fourth-order valence-corrected chi connectivity index (χ4v) is 2.04. The lowest BCUT2D eigenvalue weighted by Crippen LogP contribution is -2.62. The highest BCUT2D eigenvalue weighted by atomic mass is 19.3. The van der Waals surface area contributed by atoms with Crippen molar-refractivity contribution in [3.05, 3.63) is 0 Å². The van der Waals surface area contributed by atoms with E-state index in [1.54, 1.807) is 0 Å². The van der Waals surface area contributed by atoms with Gasteiger partial charge in [0, 0.05) is 18.1 Å². The van der Waals surface area contributed by atoms with Gasteiger partial charge in [-0.05, 0) is 13.3 Å². The number of aliphatic hydroxyl groups is 1. The minimum atomic E-state index is -3.03. The van der Waals surface area contributed by atoms with Gasteiger partial charge in [-0.1, -0.05) is 13.8 Å². The topological polar surface area (TPSA) is 41.5 Å². The monoisotopic (exact) mass is 237 g/mol. The highest BCUT2D eigenvalue weighted by Gasteiger charge is 2.49. The number of nitrogens with one attached hydrogen (secondary N) is 1. The predicted octanol–water partition coefficient (Wildman–Crippen LogP) is 1.41. The van der Waals surface area contributed by atoms with E-state index in [-0.39, 0.29) is 17.6 Å². The molecule has 0 heterocycles. The molecule has 3 nitrogen and oxygen atoms in total. The number of ether oxygens (including phenoxy) is 1. The molecule has 0 aromatic heterocycles. The number of hydrogen-bond donors (Lipinski definition) is 2. The third-order valence-electron chi connectivity index (χ3n) is 3.38. The van der Waals surface area contributed by atoms with Gasteiger partial charge in [0.2, 0.25) is 0 Å². The second kappa shape index (κ2) is 4.94. The Kier molecular flexibility index (Phi) is 4.26. The fraction of sp³-hybridized carbons (Fsp3) is 1.00. The van der Waals surface area contributed by atoms with Gasteiger partial charge in [0.1, 0.15) is 6.61 Å². The van der Waals surface area contributed by atoms with Gasteiger partial charge < -0.3 is 15.2 Å². The smallest absolute Gasteiger partial charge is 0.282 e. The maximum absolute atomic E-state index is 12.8. The average molecular weight is 237 g/mol. The van der Waals surface area contributed by atoms with Gasteiger partial charge in [0.25, 0.3) is 5.92 Å². The number of halogens is 2. The molecule has 0 saturated heterocycles. The first-order valence-electron chi connectivity index (χ1n) is 5.67. The van der Waals surface area contributed by atoms with E-state index < -0.39 is 19.1 Å². The Hall–Kier alpha value is -0.260.